The Hall–Kier alpha value is 1.98. The molecule has 0 saturated carbocycles. The van der Waals surface area contributed by atoms with Gasteiger partial charge in [0.05, 0.1) is 0 Å². The summed E-state index contributed by atoms with van der Waals surface area (Å²) in [6.45, 7) is 0. The summed E-state index contributed by atoms with van der Waals surface area (Å²) >= 11 is 3.55. The summed E-state index contributed by atoms with van der Waals surface area (Å²) in [5.74, 6) is 1.10. The van der Waals surface area contributed by atoms with Crippen LogP contribution in [-0.4, -0.2) is 39.2 Å². The van der Waals surface area contributed by atoms with Crippen LogP contribution in [-0.2, 0) is 0 Å². The van der Waals surface area contributed by atoms with Gasteiger partial charge in [0.2, 0.25) is 0 Å². The molecule has 0 atom stereocenters. The maximum Gasteiger partial charge on any atom is -0.147 e. The molecule has 0 spiro atoms. The van der Waals surface area contributed by atoms with Crippen molar-refractivity contribution in [2.75, 3.05) is 16.7 Å². The topological polar surface area (TPSA) is 12.0 Å². The molecule has 1 N–H and O–H groups in total. The molecule has 0 aliphatic carbocycles. The van der Waals surface area contributed by atoms with E-state index < -0.39 is 0 Å². The van der Waals surface area contributed by atoms with Crippen LogP contribution in [0.25, 0.3) is 0 Å². The van der Waals surface area contributed by atoms with Crippen LogP contribution >= 0.6 is 49.0 Å². The summed E-state index contributed by atoms with van der Waals surface area (Å²) in [4.78, 5) is 0. The molecular weight excluding hydrogens is 307 g/mol. The second kappa shape index (κ2) is 22.5. The van der Waals surface area contributed by atoms with Gasteiger partial charge < -0.3 is 0 Å². The van der Waals surface area contributed by atoms with E-state index in [-0.39, 0.29) is 37.2 Å². The van der Waals surface area contributed by atoms with Crippen LogP contribution in [0.15, 0.2) is 0 Å². The Kier molecular flexibility index (Phi) is 56.1. The number of rotatable bonds is 3. The minimum absolute atomic E-state index is 0. The summed E-state index contributed by atoms with van der Waals surface area (Å²) < 4.78 is 1.30. The van der Waals surface area contributed by atoms with E-state index in [0.717, 1.165) is 5.88 Å². The molecule has 0 heterocycles. The predicted octanol–water partition coefficient (Wildman–Crippen LogP) is 1.29. The zero-order chi connectivity index (χ0) is 4.83. The van der Waals surface area contributed by atoms with Crippen molar-refractivity contribution in [3.05, 3.63) is 0 Å². The van der Waals surface area contributed by atoms with Gasteiger partial charge >= 0.3 is 56.3 Å². The Morgan fingerprint density at radius 3 is 1.89 bits per heavy atom. The second-order valence-corrected chi connectivity index (χ2v) is 4.30. The molecule has 0 fully saturated rings. The first kappa shape index (κ1) is 22.4. The van der Waals surface area contributed by atoms with Crippen LogP contribution in [0.2, 0.25) is 0 Å². The number of nitrogens with one attached hydrogen (secondary N) is 1. The van der Waals surface area contributed by atoms with Gasteiger partial charge in [0, 0.05) is 0 Å². The van der Waals surface area contributed by atoms with Gasteiger partial charge in [0.25, 0.3) is 0 Å². The van der Waals surface area contributed by atoms with E-state index in [9.17, 15) is 0 Å². The molecule has 0 rings (SSSR count). The average molecular weight is 318 g/mol. The Bertz CT molecular complexity index is 31.0. The SMILES string of the molecule is CNCS[CH2][Sn].Cl.Cl.Cl. The van der Waals surface area contributed by atoms with Crippen molar-refractivity contribution in [1.82, 2.24) is 5.32 Å². The molecule has 9 heavy (non-hydrogen) atoms. The van der Waals surface area contributed by atoms with Crippen LogP contribution in [0.1, 0.15) is 0 Å². The summed E-state index contributed by atoms with van der Waals surface area (Å²) in [5, 5.41) is 3.05. The van der Waals surface area contributed by atoms with E-state index in [4.69, 9.17) is 0 Å². The summed E-state index contributed by atoms with van der Waals surface area (Å²) in [6.07, 6.45) is 0. The minimum atomic E-state index is 0. The van der Waals surface area contributed by atoms with E-state index in [2.05, 4.69) is 5.32 Å². The third-order valence-electron chi connectivity index (χ3n) is 0.348. The van der Waals surface area contributed by atoms with Crippen molar-refractivity contribution in [2.45, 2.75) is 0 Å². The molecule has 0 bridgehead atoms. The Morgan fingerprint density at radius 2 is 1.78 bits per heavy atom. The summed E-state index contributed by atoms with van der Waals surface area (Å²) in [5.41, 5.74) is 0. The number of hydrogen-bond acceptors (Lipinski definition) is 2. The maximum atomic E-state index is 3.05. The van der Waals surface area contributed by atoms with E-state index >= 15 is 0 Å². The second-order valence-electron chi connectivity index (χ2n) is 0.846. The van der Waals surface area contributed by atoms with Crippen molar-refractivity contribution in [3.63, 3.8) is 0 Å². The molecule has 59 valence electrons. The van der Waals surface area contributed by atoms with Crippen LogP contribution < -0.4 is 5.32 Å². The Balaban J connectivity index is -0.0000000417. The first-order valence-electron chi connectivity index (χ1n) is 1.78. The van der Waals surface area contributed by atoms with Crippen molar-refractivity contribution in [1.29, 1.82) is 0 Å². The molecule has 0 amide bonds. The summed E-state index contributed by atoms with van der Waals surface area (Å²) in [7, 11) is 1.97. The fourth-order valence-corrected chi connectivity index (χ4v) is 1.33. The largest absolute Gasteiger partial charge is 0.147 e. The van der Waals surface area contributed by atoms with Gasteiger partial charge in [0.1, 0.15) is 0 Å². The van der Waals surface area contributed by atoms with E-state index in [0.29, 0.717) is 0 Å². The van der Waals surface area contributed by atoms with Crippen molar-refractivity contribution < 1.29 is 0 Å². The standard InChI is InChI=1S/C3H8NS.3ClH.Sn/c1-4-3-5-2;;;;/h4H,2-3H2,1H3;3*1H;. The first-order chi connectivity index (χ1) is 2.91. The van der Waals surface area contributed by atoms with E-state index in [1.54, 1.807) is 22.5 Å². The third kappa shape index (κ3) is 25.6. The smallest absolute Gasteiger partial charge is 0.147 e. The first-order valence-corrected chi connectivity index (χ1v) is 4.96. The van der Waals surface area contributed by atoms with Crippen LogP contribution in [0.4, 0.5) is 0 Å². The van der Waals surface area contributed by atoms with Gasteiger partial charge in [0.15, 0.2) is 0 Å². The summed E-state index contributed by atoms with van der Waals surface area (Å²) in [6, 6.07) is 0. The van der Waals surface area contributed by atoms with E-state index in [1.807, 2.05) is 18.8 Å². The van der Waals surface area contributed by atoms with Crippen LogP contribution in [0.5, 0.6) is 0 Å². The predicted molar refractivity (Wildman–Crippen MR) is 53.9 cm³/mol. The number of halogens is 3. The van der Waals surface area contributed by atoms with Crippen molar-refractivity contribution in [2.24, 2.45) is 0 Å². The van der Waals surface area contributed by atoms with Gasteiger partial charge in [-0.15, -0.1) is 37.2 Å². The molecule has 0 saturated heterocycles. The maximum absolute atomic E-state index is 3.05. The Morgan fingerprint density at radius 1 is 1.33 bits per heavy atom. The van der Waals surface area contributed by atoms with E-state index in [1.165, 1.54) is 3.77 Å². The number of hydrogen-bond donors (Lipinski definition) is 1. The molecule has 0 aromatic rings. The van der Waals surface area contributed by atoms with Crippen molar-refractivity contribution >= 4 is 71.5 Å². The molecule has 3 radical (unpaired) electrons. The Labute approximate surface area is 92.8 Å². The molecule has 6 heteroatoms. The molecule has 0 aliphatic heterocycles. The minimum Gasteiger partial charge on any atom is -0.147 e. The zero-order valence-corrected chi connectivity index (χ0v) is 11.2. The monoisotopic (exact) mass is 318 g/mol. The fraction of sp³-hybridized carbons (Fsp3) is 1.00. The number of thioether (sulfide) groups is 1. The fourth-order valence-electron chi connectivity index (χ4n) is 0.153. The molecule has 0 aromatic heterocycles. The zero-order valence-electron chi connectivity index (χ0n) is 5.05. The van der Waals surface area contributed by atoms with Crippen LogP contribution in [0, 0.1) is 0 Å². The molecular formula is C3H11Cl3NSSn. The quantitative estimate of drug-likeness (QED) is 0.478. The van der Waals surface area contributed by atoms with Gasteiger partial charge in [-0.05, 0) is 0 Å². The van der Waals surface area contributed by atoms with Crippen LogP contribution in [0.3, 0.4) is 0 Å². The molecule has 1 nitrogen and oxygen atoms in total. The molecule has 0 unspecified atom stereocenters. The van der Waals surface area contributed by atoms with Gasteiger partial charge in [-0.25, -0.2) is 0 Å². The van der Waals surface area contributed by atoms with Gasteiger partial charge in [-0.1, -0.05) is 0 Å². The van der Waals surface area contributed by atoms with Crippen molar-refractivity contribution in [3.8, 4) is 0 Å². The average Bonchev–Trinajstić information content (AvgIpc) is 1.61. The normalized spacial score (nSPS) is 6.00. The van der Waals surface area contributed by atoms with Gasteiger partial charge in [-0.2, -0.15) is 0 Å². The van der Waals surface area contributed by atoms with Gasteiger partial charge in [-0.3, -0.25) is 0 Å². The molecule has 0 aliphatic rings. The third-order valence-corrected chi connectivity index (χ3v) is 2.79. The molecule has 0 aromatic carbocycles.